The van der Waals surface area contributed by atoms with Crippen LogP contribution in [0.5, 0.6) is 5.88 Å². The molecule has 0 amide bonds. The summed E-state index contributed by atoms with van der Waals surface area (Å²) in [7, 11) is 0. The predicted molar refractivity (Wildman–Crippen MR) is 73.4 cm³/mol. The molecule has 0 aliphatic carbocycles. The molecule has 92 valence electrons. The third-order valence-corrected chi connectivity index (χ3v) is 3.72. The summed E-state index contributed by atoms with van der Waals surface area (Å²) < 4.78 is 11.6. The molecule has 1 N–H and O–H groups in total. The summed E-state index contributed by atoms with van der Waals surface area (Å²) in [5, 5.41) is 4.48. The first-order valence-corrected chi connectivity index (χ1v) is 6.42. The van der Waals surface area contributed by atoms with Crippen LogP contribution in [0.2, 0.25) is 0 Å². The Morgan fingerprint density at radius 2 is 2.00 bits per heavy atom. The normalized spacial score (nSPS) is 16.7. The lowest BCUT2D eigenvalue weighted by atomic mass is 10.1. The van der Waals surface area contributed by atoms with Crippen molar-refractivity contribution < 1.29 is 4.74 Å². The highest BCUT2D eigenvalue weighted by molar-refractivity contribution is 7.13. The van der Waals surface area contributed by atoms with Gasteiger partial charge in [-0.05, 0) is 49.6 Å². The van der Waals surface area contributed by atoms with Crippen molar-refractivity contribution in [2.24, 2.45) is 0 Å². The van der Waals surface area contributed by atoms with E-state index in [2.05, 4.69) is 21.8 Å². The lowest BCUT2D eigenvalue weighted by molar-refractivity contribution is 0.159. The Balaban J connectivity index is 0.00000108. The predicted octanol–water partition coefficient (Wildman–Crippen LogP) is 2.85. The average molecular weight is 271 g/mol. The Morgan fingerprint density at radius 3 is 2.82 bits per heavy atom. The van der Waals surface area contributed by atoms with Gasteiger partial charge in [0.2, 0.25) is 5.88 Å². The van der Waals surface area contributed by atoms with E-state index in [0.717, 1.165) is 37.2 Å². The van der Waals surface area contributed by atoms with Crippen molar-refractivity contribution >= 4 is 34.0 Å². The van der Waals surface area contributed by atoms with Crippen LogP contribution in [0.15, 0.2) is 24.3 Å². The fourth-order valence-corrected chi connectivity index (χ4v) is 2.73. The van der Waals surface area contributed by atoms with Gasteiger partial charge in [0, 0.05) is 0 Å². The maximum Gasteiger partial charge on any atom is 0.233 e. The van der Waals surface area contributed by atoms with E-state index in [4.69, 9.17) is 4.74 Å². The molecular formula is C12H15ClN2OS. The molecule has 0 radical (unpaired) electrons. The van der Waals surface area contributed by atoms with Gasteiger partial charge in [0.25, 0.3) is 0 Å². The van der Waals surface area contributed by atoms with Crippen molar-refractivity contribution in [1.29, 1.82) is 0 Å². The summed E-state index contributed by atoms with van der Waals surface area (Å²) in [5.74, 6) is 0.813. The van der Waals surface area contributed by atoms with Gasteiger partial charge in [-0.15, -0.1) is 12.4 Å². The molecular weight excluding hydrogens is 256 g/mol. The number of hydrogen-bond donors (Lipinski definition) is 1. The van der Waals surface area contributed by atoms with E-state index in [9.17, 15) is 0 Å². The van der Waals surface area contributed by atoms with Gasteiger partial charge in [-0.1, -0.05) is 12.1 Å². The number of nitrogens with zero attached hydrogens (tertiary/aromatic N) is 1. The summed E-state index contributed by atoms with van der Waals surface area (Å²) in [6.07, 6.45) is 2.48. The second kappa shape index (κ2) is 5.67. The van der Waals surface area contributed by atoms with Gasteiger partial charge in [-0.2, -0.15) is 4.37 Å². The Bertz CT molecular complexity index is 482. The lowest BCUT2D eigenvalue weighted by Crippen LogP contribution is -2.34. The molecule has 1 aromatic heterocycles. The van der Waals surface area contributed by atoms with Crippen molar-refractivity contribution in [2.45, 2.75) is 18.9 Å². The minimum Gasteiger partial charge on any atom is -0.473 e. The van der Waals surface area contributed by atoms with Crippen molar-refractivity contribution in [3.05, 3.63) is 24.3 Å². The van der Waals surface area contributed by atoms with Crippen LogP contribution in [-0.4, -0.2) is 23.6 Å². The minimum atomic E-state index is 0. The molecule has 1 aromatic carbocycles. The molecule has 0 spiro atoms. The summed E-state index contributed by atoms with van der Waals surface area (Å²) in [6.45, 7) is 2.10. The first-order valence-electron chi connectivity index (χ1n) is 5.65. The van der Waals surface area contributed by atoms with E-state index in [-0.39, 0.29) is 12.4 Å². The molecule has 1 aliphatic heterocycles. The van der Waals surface area contributed by atoms with Gasteiger partial charge in [-0.25, -0.2) is 0 Å². The van der Waals surface area contributed by atoms with E-state index < -0.39 is 0 Å². The molecule has 1 fully saturated rings. The zero-order valence-corrected chi connectivity index (χ0v) is 11.0. The second-order valence-corrected chi connectivity index (χ2v) is 4.86. The highest BCUT2D eigenvalue weighted by atomic mass is 35.5. The van der Waals surface area contributed by atoms with E-state index in [1.54, 1.807) is 0 Å². The lowest BCUT2D eigenvalue weighted by Gasteiger charge is -2.22. The van der Waals surface area contributed by atoms with Gasteiger partial charge in [0.05, 0.1) is 10.1 Å². The molecule has 5 heteroatoms. The second-order valence-electron chi connectivity index (χ2n) is 4.05. The van der Waals surface area contributed by atoms with E-state index in [0.29, 0.717) is 6.10 Å². The molecule has 0 bridgehead atoms. The molecule has 2 aromatic rings. The highest BCUT2D eigenvalue weighted by Crippen LogP contribution is 2.29. The van der Waals surface area contributed by atoms with Crippen molar-refractivity contribution in [3.8, 4) is 5.88 Å². The molecule has 1 saturated heterocycles. The number of rotatable bonds is 2. The number of ether oxygens (including phenoxy) is 1. The van der Waals surface area contributed by atoms with Crippen molar-refractivity contribution in [1.82, 2.24) is 9.69 Å². The fraction of sp³-hybridized carbons (Fsp3) is 0.417. The quantitative estimate of drug-likeness (QED) is 0.911. The van der Waals surface area contributed by atoms with Crippen LogP contribution in [0.25, 0.3) is 10.1 Å². The maximum absolute atomic E-state index is 5.97. The average Bonchev–Trinajstić information content (AvgIpc) is 2.74. The minimum absolute atomic E-state index is 0. The third kappa shape index (κ3) is 2.70. The summed E-state index contributed by atoms with van der Waals surface area (Å²) in [5.41, 5.74) is 0. The number of hydrogen-bond acceptors (Lipinski definition) is 4. The van der Waals surface area contributed by atoms with Gasteiger partial charge < -0.3 is 10.1 Å². The van der Waals surface area contributed by atoms with Crippen LogP contribution in [0.3, 0.4) is 0 Å². The Morgan fingerprint density at radius 1 is 1.24 bits per heavy atom. The van der Waals surface area contributed by atoms with Crippen molar-refractivity contribution in [3.63, 3.8) is 0 Å². The van der Waals surface area contributed by atoms with Gasteiger partial charge in [0.1, 0.15) is 6.10 Å². The van der Waals surface area contributed by atoms with Crippen LogP contribution >= 0.6 is 23.9 Å². The smallest absolute Gasteiger partial charge is 0.233 e. The number of nitrogens with one attached hydrogen (secondary N) is 1. The molecule has 2 heterocycles. The van der Waals surface area contributed by atoms with E-state index >= 15 is 0 Å². The van der Waals surface area contributed by atoms with Crippen LogP contribution in [-0.2, 0) is 0 Å². The fourth-order valence-electron chi connectivity index (χ4n) is 2.02. The zero-order valence-electron chi connectivity index (χ0n) is 9.39. The Hall–Kier alpha value is -0.840. The number of halogens is 1. The molecule has 1 aliphatic rings. The topological polar surface area (TPSA) is 34.1 Å². The van der Waals surface area contributed by atoms with Gasteiger partial charge >= 0.3 is 0 Å². The largest absolute Gasteiger partial charge is 0.473 e. The highest BCUT2D eigenvalue weighted by Gasteiger charge is 2.17. The van der Waals surface area contributed by atoms with Crippen LogP contribution < -0.4 is 10.1 Å². The third-order valence-electron chi connectivity index (χ3n) is 2.91. The summed E-state index contributed by atoms with van der Waals surface area (Å²) >= 11 is 1.51. The summed E-state index contributed by atoms with van der Waals surface area (Å²) in [6, 6.07) is 8.23. The number of benzene rings is 1. The van der Waals surface area contributed by atoms with E-state index in [1.165, 1.54) is 16.2 Å². The van der Waals surface area contributed by atoms with Gasteiger partial charge in [-0.3, -0.25) is 0 Å². The zero-order chi connectivity index (χ0) is 10.8. The molecule has 17 heavy (non-hydrogen) atoms. The SMILES string of the molecule is Cl.c1ccc2c(OC3CCNCC3)nsc2c1. The Labute approximate surface area is 111 Å². The van der Waals surface area contributed by atoms with Crippen molar-refractivity contribution in [2.75, 3.05) is 13.1 Å². The first kappa shape index (κ1) is 12.6. The molecule has 3 rings (SSSR count). The summed E-state index contributed by atoms with van der Waals surface area (Å²) in [4.78, 5) is 0. The monoisotopic (exact) mass is 270 g/mol. The molecule has 0 atom stereocenters. The first-order chi connectivity index (χ1) is 7.93. The van der Waals surface area contributed by atoms with Gasteiger partial charge in [0.15, 0.2) is 0 Å². The number of piperidine rings is 1. The standard InChI is InChI=1S/C12H14N2OS.ClH/c1-2-4-11-10(3-1)12(14-16-11)15-9-5-7-13-8-6-9;/h1-4,9,13H,5-8H2;1H. The Kier molecular flexibility index (Phi) is 4.20. The number of fused-ring (bicyclic) bond motifs is 1. The molecule has 3 nitrogen and oxygen atoms in total. The van der Waals surface area contributed by atoms with Crippen LogP contribution in [0.4, 0.5) is 0 Å². The van der Waals surface area contributed by atoms with E-state index in [1.807, 2.05) is 12.1 Å². The maximum atomic E-state index is 5.97. The van der Waals surface area contributed by atoms with Crippen LogP contribution in [0, 0.1) is 0 Å². The number of aromatic nitrogens is 1. The molecule has 0 unspecified atom stereocenters. The molecule has 0 saturated carbocycles. The van der Waals surface area contributed by atoms with Crippen LogP contribution in [0.1, 0.15) is 12.8 Å².